The molecule has 172 valence electrons. The minimum atomic E-state index is -0.795. The third kappa shape index (κ3) is 5.29. The van der Waals surface area contributed by atoms with Gasteiger partial charge in [0, 0.05) is 5.70 Å². The van der Waals surface area contributed by atoms with Crippen molar-refractivity contribution in [3.05, 3.63) is 39.6 Å². The summed E-state index contributed by atoms with van der Waals surface area (Å²) < 4.78 is 21.8. The largest absolute Gasteiger partial charge is 0.493 e. The second-order valence-electron chi connectivity index (χ2n) is 7.12. The number of allylic oxidation sites excluding steroid dienone is 2. The fourth-order valence-corrected chi connectivity index (χ4v) is 4.15. The highest BCUT2D eigenvalue weighted by atomic mass is 32.2. The van der Waals surface area contributed by atoms with Crippen molar-refractivity contribution in [2.24, 2.45) is 5.73 Å². The number of hydrogen-bond donors (Lipinski definition) is 2. The van der Waals surface area contributed by atoms with E-state index in [2.05, 4.69) is 11.4 Å². The van der Waals surface area contributed by atoms with E-state index in [-0.39, 0.29) is 23.0 Å². The predicted molar refractivity (Wildman–Crippen MR) is 120 cm³/mol. The first-order valence-corrected chi connectivity index (χ1v) is 10.7. The van der Waals surface area contributed by atoms with Gasteiger partial charge in [0.05, 0.1) is 61.3 Å². The summed E-state index contributed by atoms with van der Waals surface area (Å²) in [5.74, 6) is -0.791. The molecule has 0 unspecified atom stereocenters. The number of nitrogens with zero attached hydrogens (tertiary/aromatic N) is 1. The minimum absolute atomic E-state index is 0.0332. The zero-order chi connectivity index (χ0) is 24.0. The Kier molecular flexibility index (Phi) is 8.43. The van der Waals surface area contributed by atoms with Gasteiger partial charge in [0.15, 0.2) is 11.5 Å². The molecular weight excluding hydrogens is 434 g/mol. The molecule has 2 rings (SSSR count). The van der Waals surface area contributed by atoms with Crippen LogP contribution in [0.4, 0.5) is 0 Å². The highest BCUT2D eigenvalue weighted by Crippen LogP contribution is 2.46. The van der Waals surface area contributed by atoms with E-state index in [1.54, 1.807) is 32.9 Å². The average molecular weight is 462 g/mol. The van der Waals surface area contributed by atoms with Crippen molar-refractivity contribution in [1.29, 1.82) is 5.26 Å². The maximum atomic E-state index is 13.0. The van der Waals surface area contributed by atoms with Gasteiger partial charge in [-0.3, -0.25) is 4.79 Å². The monoisotopic (exact) mass is 461 g/mol. The molecule has 0 radical (unpaired) electrons. The first-order valence-electron chi connectivity index (χ1n) is 9.72. The SMILES string of the molecule is COc1cc([C@@H]2C(C#N)=C(SCC(N)=O)NC(C)=C2C(=O)OC(C)C)cc(OC)c1OC. The molecule has 32 heavy (non-hydrogen) atoms. The van der Waals surface area contributed by atoms with Crippen LogP contribution in [0.2, 0.25) is 0 Å². The fraction of sp³-hybridized carbons (Fsp3) is 0.409. The van der Waals surface area contributed by atoms with Crippen LogP contribution in [0.5, 0.6) is 17.2 Å². The van der Waals surface area contributed by atoms with Gasteiger partial charge in [-0.25, -0.2) is 4.79 Å². The Bertz CT molecular complexity index is 984. The van der Waals surface area contributed by atoms with Gasteiger partial charge in [-0.2, -0.15) is 5.26 Å². The zero-order valence-corrected chi connectivity index (χ0v) is 19.7. The lowest BCUT2D eigenvalue weighted by Gasteiger charge is -2.30. The second kappa shape index (κ2) is 10.8. The summed E-state index contributed by atoms with van der Waals surface area (Å²) in [6.07, 6.45) is -0.358. The number of esters is 1. The summed E-state index contributed by atoms with van der Waals surface area (Å²) in [5.41, 5.74) is 6.86. The van der Waals surface area contributed by atoms with E-state index < -0.39 is 17.8 Å². The van der Waals surface area contributed by atoms with Gasteiger partial charge >= 0.3 is 5.97 Å². The van der Waals surface area contributed by atoms with Crippen LogP contribution in [0.25, 0.3) is 0 Å². The molecule has 0 bridgehead atoms. The predicted octanol–water partition coefficient (Wildman–Crippen LogP) is 2.58. The van der Waals surface area contributed by atoms with E-state index in [9.17, 15) is 14.9 Å². The molecule has 1 atom stereocenters. The molecule has 3 N–H and O–H groups in total. The quantitative estimate of drug-likeness (QED) is 0.532. The number of nitrogens with two attached hydrogens (primary N) is 1. The number of carbonyl (C=O) groups excluding carboxylic acids is 2. The number of hydrogen-bond acceptors (Lipinski definition) is 9. The molecule has 1 amide bonds. The maximum absolute atomic E-state index is 13.0. The van der Waals surface area contributed by atoms with E-state index in [1.165, 1.54) is 21.3 Å². The molecule has 0 spiro atoms. The van der Waals surface area contributed by atoms with E-state index >= 15 is 0 Å². The van der Waals surface area contributed by atoms with Crippen molar-refractivity contribution in [1.82, 2.24) is 5.32 Å². The summed E-state index contributed by atoms with van der Waals surface area (Å²) in [7, 11) is 4.45. The molecule has 9 nitrogen and oxygen atoms in total. The van der Waals surface area contributed by atoms with Crippen molar-refractivity contribution < 1.29 is 28.5 Å². The molecule has 1 aromatic carbocycles. The topological polar surface area (TPSA) is 133 Å². The molecule has 10 heteroatoms. The average Bonchev–Trinajstić information content (AvgIpc) is 2.75. The Morgan fingerprint density at radius 2 is 1.78 bits per heavy atom. The lowest BCUT2D eigenvalue weighted by molar-refractivity contribution is -0.143. The number of amides is 1. The van der Waals surface area contributed by atoms with Crippen LogP contribution in [0.1, 0.15) is 32.3 Å². The van der Waals surface area contributed by atoms with E-state index in [0.29, 0.717) is 33.5 Å². The normalized spacial score (nSPS) is 15.8. The highest BCUT2D eigenvalue weighted by Gasteiger charge is 2.37. The lowest BCUT2D eigenvalue weighted by Crippen LogP contribution is -2.30. The van der Waals surface area contributed by atoms with Crippen molar-refractivity contribution in [3.8, 4) is 23.3 Å². The molecule has 1 aliphatic heterocycles. The smallest absolute Gasteiger partial charge is 0.337 e. The first-order chi connectivity index (χ1) is 15.2. The number of benzene rings is 1. The van der Waals surface area contributed by atoms with Gasteiger partial charge in [0.2, 0.25) is 11.7 Å². The summed E-state index contributed by atoms with van der Waals surface area (Å²) in [4.78, 5) is 24.4. The Hall–Kier alpha value is -3.32. The van der Waals surface area contributed by atoms with E-state index in [0.717, 1.165) is 11.8 Å². The number of thioether (sulfide) groups is 1. The van der Waals surface area contributed by atoms with Gasteiger partial charge in [-0.15, -0.1) is 0 Å². The number of dihydropyridines is 1. The Morgan fingerprint density at radius 1 is 1.19 bits per heavy atom. The van der Waals surface area contributed by atoms with Gasteiger partial charge in [0.1, 0.15) is 0 Å². The van der Waals surface area contributed by atoms with Crippen LogP contribution in [0.15, 0.2) is 34.0 Å². The van der Waals surface area contributed by atoms with Gasteiger partial charge in [-0.05, 0) is 38.5 Å². The molecule has 0 saturated heterocycles. The van der Waals surface area contributed by atoms with Crippen LogP contribution >= 0.6 is 11.8 Å². The van der Waals surface area contributed by atoms with Crippen molar-refractivity contribution in [2.45, 2.75) is 32.8 Å². The van der Waals surface area contributed by atoms with Crippen LogP contribution in [0, 0.1) is 11.3 Å². The molecule has 0 fully saturated rings. The number of nitriles is 1. The van der Waals surface area contributed by atoms with Crippen LogP contribution in [0.3, 0.4) is 0 Å². The molecular formula is C22H27N3O6S. The van der Waals surface area contributed by atoms with Crippen molar-refractivity contribution in [2.75, 3.05) is 27.1 Å². The fourth-order valence-electron chi connectivity index (χ4n) is 3.32. The third-order valence-electron chi connectivity index (χ3n) is 4.59. The molecule has 0 aliphatic carbocycles. The highest BCUT2D eigenvalue weighted by molar-refractivity contribution is 8.03. The number of nitrogens with one attached hydrogen (secondary N) is 1. The van der Waals surface area contributed by atoms with E-state index in [4.69, 9.17) is 24.7 Å². The molecule has 1 aliphatic rings. The van der Waals surface area contributed by atoms with Crippen molar-refractivity contribution in [3.63, 3.8) is 0 Å². The van der Waals surface area contributed by atoms with Gasteiger partial charge in [-0.1, -0.05) is 11.8 Å². The number of primary amides is 1. The van der Waals surface area contributed by atoms with Crippen molar-refractivity contribution >= 4 is 23.6 Å². The Labute approximate surface area is 191 Å². The van der Waals surface area contributed by atoms with Crippen LogP contribution in [-0.4, -0.2) is 45.1 Å². The molecule has 0 aromatic heterocycles. The number of ether oxygens (including phenoxy) is 4. The first kappa shape index (κ1) is 24.9. The third-order valence-corrected chi connectivity index (χ3v) is 5.63. The molecule has 1 heterocycles. The van der Waals surface area contributed by atoms with Gasteiger partial charge < -0.3 is 30.0 Å². The zero-order valence-electron chi connectivity index (χ0n) is 18.9. The van der Waals surface area contributed by atoms with Crippen LogP contribution in [-0.2, 0) is 14.3 Å². The lowest BCUT2D eigenvalue weighted by atomic mass is 9.82. The number of rotatable bonds is 9. The van der Waals surface area contributed by atoms with Crippen LogP contribution < -0.4 is 25.3 Å². The standard InChI is InChI=1S/C22H27N3O6S/c1-11(2)31-22(27)18-12(3)25-21(32-10-17(24)26)14(9-23)19(18)13-7-15(28-4)20(30-6)16(8-13)29-5/h7-8,11,19,25H,10H2,1-6H3,(H2,24,26)/t19-/m1/s1. The molecule has 1 aromatic rings. The summed E-state index contributed by atoms with van der Waals surface area (Å²) >= 11 is 1.09. The maximum Gasteiger partial charge on any atom is 0.337 e. The summed E-state index contributed by atoms with van der Waals surface area (Å²) in [6.45, 7) is 5.20. The number of methoxy groups -OCH3 is 3. The van der Waals surface area contributed by atoms with Gasteiger partial charge in [0.25, 0.3) is 0 Å². The Morgan fingerprint density at radius 3 is 2.22 bits per heavy atom. The Balaban J connectivity index is 2.77. The summed E-state index contributed by atoms with van der Waals surface area (Å²) in [6, 6.07) is 5.54. The van der Waals surface area contributed by atoms with E-state index in [1.807, 2.05) is 0 Å². The second-order valence-corrected chi connectivity index (χ2v) is 8.10. The number of carbonyl (C=O) groups is 2. The minimum Gasteiger partial charge on any atom is -0.493 e. The molecule has 0 saturated carbocycles. The summed E-state index contributed by atoms with van der Waals surface area (Å²) in [5, 5.41) is 13.5.